The van der Waals surface area contributed by atoms with Crippen LogP contribution in [0, 0.1) is 5.41 Å². The van der Waals surface area contributed by atoms with Gasteiger partial charge in [-0.2, -0.15) is 0 Å². The van der Waals surface area contributed by atoms with Crippen LogP contribution >= 0.6 is 0 Å². The van der Waals surface area contributed by atoms with Crippen LogP contribution in [0.3, 0.4) is 0 Å². The van der Waals surface area contributed by atoms with Crippen LogP contribution in [0.2, 0.25) is 0 Å². The van der Waals surface area contributed by atoms with Crippen molar-refractivity contribution in [2.24, 2.45) is 5.41 Å². The largest absolute Gasteiger partial charge is 0.491 e. The predicted molar refractivity (Wildman–Crippen MR) is 96.3 cm³/mol. The number of morpholine rings is 1. The summed E-state index contributed by atoms with van der Waals surface area (Å²) in [6.45, 7) is 8.94. The number of carbonyl (C=O) groups excluding carboxylic acids is 1. The lowest BCUT2D eigenvalue weighted by Gasteiger charge is -2.44. The summed E-state index contributed by atoms with van der Waals surface area (Å²) in [5.41, 5.74) is -2.85. The van der Waals surface area contributed by atoms with Gasteiger partial charge in [0.15, 0.2) is 6.10 Å². The number of hydrogen-bond donors (Lipinski definition) is 2. The molecule has 1 saturated heterocycles. The zero-order valence-electron chi connectivity index (χ0n) is 15.9. The van der Waals surface area contributed by atoms with Crippen LogP contribution in [0.4, 0.5) is 5.69 Å². The molecule has 1 aliphatic rings. The van der Waals surface area contributed by atoms with Gasteiger partial charge in [0.1, 0.15) is 5.75 Å². The van der Waals surface area contributed by atoms with Crippen LogP contribution < -0.4 is 9.64 Å². The van der Waals surface area contributed by atoms with Gasteiger partial charge in [-0.05, 0) is 38.1 Å². The number of ether oxygens (including phenoxy) is 2. The van der Waals surface area contributed by atoms with Crippen molar-refractivity contribution in [3.63, 3.8) is 0 Å². The highest BCUT2D eigenvalue weighted by Gasteiger charge is 2.58. The molecule has 2 N–H and O–H groups in total. The van der Waals surface area contributed by atoms with E-state index in [1.54, 1.807) is 45.0 Å². The Morgan fingerprint density at radius 2 is 1.85 bits per heavy atom. The fourth-order valence-electron chi connectivity index (χ4n) is 2.94. The van der Waals surface area contributed by atoms with E-state index in [-0.39, 0.29) is 19.3 Å². The molecule has 2 rings (SSSR count). The van der Waals surface area contributed by atoms with Gasteiger partial charge >= 0.3 is 5.97 Å². The lowest BCUT2D eigenvalue weighted by Crippen LogP contribution is -2.66. The quantitative estimate of drug-likeness (QED) is 0.829. The van der Waals surface area contributed by atoms with E-state index in [0.717, 1.165) is 0 Å². The first-order chi connectivity index (χ1) is 12.0. The Morgan fingerprint density at radius 3 is 2.31 bits per heavy atom. The second kappa shape index (κ2) is 7.25. The number of benzene rings is 1. The van der Waals surface area contributed by atoms with Crippen LogP contribution in [0.15, 0.2) is 24.3 Å². The summed E-state index contributed by atoms with van der Waals surface area (Å²) in [5.74, 6) is -1.38. The number of hydrogen-bond acceptors (Lipinski definition) is 5. The maximum Gasteiger partial charge on any atom is 0.339 e. The second-order valence-corrected chi connectivity index (χ2v) is 7.72. The van der Waals surface area contributed by atoms with E-state index in [1.807, 2.05) is 13.8 Å². The first-order valence-corrected chi connectivity index (χ1v) is 8.64. The minimum absolute atomic E-state index is 0.0348. The van der Waals surface area contributed by atoms with E-state index in [9.17, 15) is 19.8 Å². The topological polar surface area (TPSA) is 96.3 Å². The maximum atomic E-state index is 12.9. The Kier molecular flexibility index (Phi) is 5.63. The van der Waals surface area contributed by atoms with E-state index < -0.39 is 29.0 Å². The Morgan fingerprint density at radius 1 is 1.27 bits per heavy atom. The fourth-order valence-corrected chi connectivity index (χ4v) is 2.94. The van der Waals surface area contributed by atoms with Gasteiger partial charge in [0.25, 0.3) is 5.91 Å². The van der Waals surface area contributed by atoms with Crippen molar-refractivity contribution in [2.75, 3.05) is 18.1 Å². The number of carbonyl (C=O) groups is 2. The molecular weight excluding hydrogens is 338 g/mol. The number of rotatable bonds is 5. The van der Waals surface area contributed by atoms with Crippen molar-refractivity contribution in [1.82, 2.24) is 0 Å². The number of anilines is 1. The molecule has 7 heteroatoms. The molecule has 0 saturated carbocycles. The minimum Gasteiger partial charge on any atom is -0.491 e. The van der Waals surface area contributed by atoms with E-state index in [0.29, 0.717) is 11.4 Å². The fraction of sp³-hybridized carbons (Fsp3) is 0.579. The van der Waals surface area contributed by atoms with Gasteiger partial charge in [0.2, 0.25) is 5.60 Å². The summed E-state index contributed by atoms with van der Waals surface area (Å²) in [7, 11) is 0. The molecule has 0 unspecified atom stereocenters. The minimum atomic E-state index is -2.34. The van der Waals surface area contributed by atoms with Crippen LogP contribution in [0.25, 0.3) is 0 Å². The lowest BCUT2D eigenvalue weighted by molar-refractivity contribution is -0.203. The third kappa shape index (κ3) is 3.68. The van der Waals surface area contributed by atoms with Gasteiger partial charge in [0, 0.05) is 17.6 Å². The summed E-state index contributed by atoms with van der Waals surface area (Å²) < 4.78 is 11.0. The van der Waals surface area contributed by atoms with Crippen molar-refractivity contribution < 1.29 is 29.3 Å². The van der Waals surface area contributed by atoms with E-state index in [4.69, 9.17) is 9.47 Å². The average molecular weight is 365 g/mol. The van der Waals surface area contributed by atoms with Crippen molar-refractivity contribution in [1.29, 1.82) is 0 Å². The van der Waals surface area contributed by atoms with Crippen molar-refractivity contribution >= 4 is 17.6 Å². The molecule has 144 valence electrons. The Hall–Kier alpha value is -2.12. The van der Waals surface area contributed by atoms with Crippen LogP contribution in [-0.4, -0.2) is 53.1 Å². The first-order valence-electron chi connectivity index (χ1n) is 8.64. The number of aliphatic hydroxyl groups is 1. The molecule has 0 aromatic heterocycles. The lowest BCUT2D eigenvalue weighted by atomic mass is 9.72. The van der Waals surface area contributed by atoms with Crippen LogP contribution in [0.1, 0.15) is 34.6 Å². The number of amides is 1. The molecule has 0 radical (unpaired) electrons. The summed E-state index contributed by atoms with van der Waals surface area (Å²) in [6.07, 6.45) is -1.45. The number of carboxylic acids is 1. The zero-order valence-corrected chi connectivity index (χ0v) is 15.9. The molecule has 1 aliphatic heterocycles. The summed E-state index contributed by atoms with van der Waals surface area (Å²) >= 11 is 0. The molecule has 0 spiro atoms. The third-order valence-electron chi connectivity index (χ3n) is 4.46. The van der Waals surface area contributed by atoms with Crippen molar-refractivity contribution in [3.05, 3.63) is 24.3 Å². The van der Waals surface area contributed by atoms with Gasteiger partial charge in [-0.1, -0.05) is 20.8 Å². The zero-order chi connectivity index (χ0) is 19.7. The highest BCUT2D eigenvalue weighted by Crippen LogP contribution is 2.37. The van der Waals surface area contributed by atoms with Crippen LogP contribution in [0.5, 0.6) is 5.75 Å². The van der Waals surface area contributed by atoms with Crippen molar-refractivity contribution in [2.45, 2.75) is 52.4 Å². The monoisotopic (exact) mass is 365 g/mol. The molecule has 26 heavy (non-hydrogen) atoms. The number of carboxylic acid groups (broad SMARTS) is 1. The standard InChI is InChI=1S/C19H27NO6/c1-12(2)26-14-8-6-13(7-9-14)20-10-11-25-15(16(20)21)19(24,17(22)23)18(3,4)5/h6-9,12,15,24H,10-11H2,1-5H3,(H,22,23)/t15-,19+/m0/s1. The smallest absolute Gasteiger partial charge is 0.339 e. The summed E-state index contributed by atoms with van der Waals surface area (Å²) in [4.78, 5) is 26.2. The number of aliphatic carboxylic acids is 1. The highest BCUT2D eigenvalue weighted by atomic mass is 16.5. The van der Waals surface area contributed by atoms with Crippen LogP contribution in [-0.2, 0) is 14.3 Å². The molecule has 2 atom stereocenters. The van der Waals surface area contributed by atoms with Gasteiger partial charge < -0.3 is 24.6 Å². The van der Waals surface area contributed by atoms with Gasteiger partial charge in [-0.3, -0.25) is 4.79 Å². The SMILES string of the molecule is CC(C)Oc1ccc(N2CCO[C@H]([C@@](O)(C(=O)O)C(C)(C)C)C2=O)cc1. The maximum absolute atomic E-state index is 12.9. The van der Waals surface area contributed by atoms with E-state index in [1.165, 1.54) is 4.90 Å². The van der Waals surface area contributed by atoms with Gasteiger partial charge in [-0.25, -0.2) is 4.79 Å². The Balaban J connectivity index is 2.31. The molecule has 1 amide bonds. The van der Waals surface area contributed by atoms with Crippen molar-refractivity contribution in [3.8, 4) is 5.75 Å². The molecule has 7 nitrogen and oxygen atoms in total. The molecule has 1 heterocycles. The number of nitrogens with zero attached hydrogens (tertiary/aromatic N) is 1. The molecule has 0 bridgehead atoms. The molecule has 1 aromatic rings. The second-order valence-electron chi connectivity index (χ2n) is 7.72. The highest BCUT2D eigenvalue weighted by molar-refractivity contribution is 6.01. The predicted octanol–water partition coefficient (Wildman–Crippen LogP) is 2.07. The third-order valence-corrected chi connectivity index (χ3v) is 4.46. The normalized spacial score (nSPS) is 20.8. The molecule has 0 aliphatic carbocycles. The van der Waals surface area contributed by atoms with Gasteiger partial charge in [0.05, 0.1) is 12.7 Å². The molecule has 1 fully saturated rings. The molecule has 1 aromatic carbocycles. The van der Waals surface area contributed by atoms with Gasteiger partial charge in [-0.15, -0.1) is 0 Å². The summed E-state index contributed by atoms with van der Waals surface area (Å²) in [6, 6.07) is 6.96. The Bertz CT molecular complexity index is 664. The average Bonchev–Trinajstić information content (AvgIpc) is 2.53. The van der Waals surface area contributed by atoms with E-state index >= 15 is 0 Å². The molecular formula is C19H27NO6. The summed E-state index contributed by atoms with van der Waals surface area (Å²) in [5, 5.41) is 20.4. The van der Waals surface area contributed by atoms with E-state index in [2.05, 4.69) is 0 Å². The first kappa shape index (κ1) is 20.2. The Labute approximate surface area is 153 Å².